The first-order valence-corrected chi connectivity index (χ1v) is 20.4. The van der Waals surface area contributed by atoms with Crippen LogP contribution in [-0.4, -0.2) is 19.5 Å². The minimum Gasteiger partial charge on any atom is -0.456 e. The molecule has 13 aromatic rings. The summed E-state index contributed by atoms with van der Waals surface area (Å²) in [5, 5.41) is 4.63. The van der Waals surface area contributed by atoms with Crippen molar-refractivity contribution in [2.75, 3.05) is 0 Å². The first kappa shape index (κ1) is 27.3. The Morgan fingerprint density at radius 1 is 0.381 bits per heavy atom. The van der Waals surface area contributed by atoms with Crippen LogP contribution in [0, 0.1) is 0 Å². The summed E-state index contributed by atoms with van der Waals surface area (Å²) in [6.45, 7) is 0. The largest absolute Gasteiger partial charge is 0.456 e. The number of furan rings is 2. The van der Waals surface area contributed by atoms with Crippen LogP contribution in [-0.2, 0) is 0 Å². The molecule has 4 aromatic heterocycles. The van der Waals surface area contributed by atoms with Crippen LogP contribution in [0.3, 0.4) is 0 Å². The van der Waals surface area contributed by atoms with E-state index in [4.69, 9.17) is 30.6 Å². The molecule has 0 saturated heterocycles. The van der Waals surface area contributed by atoms with Crippen LogP contribution in [0.25, 0.3) is 128 Å². The van der Waals surface area contributed by atoms with Gasteiger partial charge in [-0.25, -0.2) is 4.98 Å². The molecule has 0 radical (unpaired) electrons. The van der Waals surface area contributed by atoms with Crippen LogP contribution in [0.5, 0.6) is 0 Å². The average molecular weight is 816 g/mol. The van der Waals surface area contributed by atoms with Crippen LogP contribution in [0.15, 0.2) is 215 Å². The molecule has 6 heteroatoms. The van der Waals surface area contributed by atoms with Gasteiger partial charge in [-0.1, -0.05) is 158 Å². The molecule has 0 fully saturated rings. The van der Waals surface area contributed by atoms with Crippen LogP contribution >= 0.6 is 0 Å². The van der Waals surface area contributed by atoms with E-state index in [1.165, 1.54) is 0 Å². The summed E-state index contributed by atoms with van der Waals surface area (Å²) in [5.74, 6) is 0.171. The summed E-state index contributed by atoms with van der Waals surface area (Å²) in [6, 6.07) is 44.2. The quantitative estimate of drug-likeness (QED) is 0.167. The lowest BCUT2D eigenvalue weighted by Gasteiger charge is -2.12. The van der Waals surface area contributed by atoms with Gasteiger partial charge in [0.1, 0.15) is 22.3 Å². The van der Waals surface area contributed by atoms with Crippen molar-refractivity contribution in [2.45, 2.75) is 0 Å². The molecule has 0 unspecified atom stereocenters. The first-order valence-electron chi connectivity index (χ1n) is 24.9. The van der Waals surface area contributed by atoms with Gasteiger partial charge in [0.05, 0.1) is 28.8 Å². The maximum absolute atomic E-state index is 9.47. The van der Waals surface area contributed by atoms with Gasteiger partial charge in [-0.05, 0) is 81.9 Å². The van der Waals surface area contributed by atoms with Crippen LogP contribution in [0.2, 0.25) is 0 Å². The fraction of sp³-hybridized carbons (Fsp3) is 0. The van der Waals surface area contributed by atoms with Gasteiger partial charge in [-0.15, -0.1) is 0 Å². The molecule has 4 heterocycles. The standard InChI is InChI=1S/C57H34N4O2/c1-4-13-35(14-5-1)37-23-25-39(26-24-37)55-58-56(41-27-29-45-51(34-41)63-49-22-12-20-42(52(45)49)38-17-8-3-9-18-38)60-57(59-55)61-47-31-28-40(36-15-6-2-7-16-36)33-46(47)43-30-32-50-53(54(43)61)44-19-10-11-21-48(44)62-50/h1-34H/i3D,8D,9D,17D,18D,23D,24D,25D,26D. The number of hydrogen-bond donors (Lipinski definition) is 0. The second-order valence-electron chi connectivity index (χ2n) is 15.3. The van der Waals surface area contributed by atoms with Crippen LogP contribution < -0.4 is 0 Å². The highest BCUT2D eigenvalue weighted by atomic mass is 16.3. The summed E-state index contributed by atoms with van der Waals surface area (Å²) < 4.78 is 94.9. The highest BCUT2D eigenvalue weighted by Crippen LogP contribution is 2.43. The molecule has 0 aliphatic heterocycles. The molecule has 63 heavy (non-hydrogen) atoms. The van der Waals surface area contributed by atoms with E-state index in [0.717, 1.165) is 43.7 Å². The summed E-state index contributed by atoms with van der Waals surface area (Å²) in [4.78, 5) is 15.3. The number of nitrogens with zero attached hydrogens (tertiary/aromatic N) is 4. The normalized spacial score (nSPS) is 13.8. The Kier molecular flexibility index (Phi) is 6.05. The maximum Gasteiger partial charge on any atom is 0.238 e. The zero-order valence-corrected chi connectivity index (χ0v) is 33.0. The second-order valence-corrected chi connectivity index (χ2v) is 15.3. The molecule has 0 atom stereocenters. The highest BCUT2D eigenvalue weighted by molar-refractivity contribution is 6.24. The number of para-hydroxylation sites is 1. The lowest BCUT2D eigenvalue weighted by Crippen LogP contribution is -2.06. The summed E-state index contributed by atoms with van der Waals surface area (Å²) >= 11 is 0. The second kappa shape index (κ2) is 14.0. The van der Waals surface area contributed by atoms with Gasteiger partial charge in [0.25, 0.3) is 0 Å². The third kappa shape index (κ3) is 5.69. The molecule has 0 amide bonds. The van der Waals surface area contributed by atoms with E-state index in [2.05, 4.69) is 18.2 Å². The molecular weight excluding hydrogens is 773 g/mol. The third-order valence-electron chi connectivity index (χ3n) is 11.6. The van der Waals surface area contributed by atoms with E-state index in [1.807, 2.05) is 77.4 Å². The van der Waals surface area contributed by atoms with Crippen LogP contribution in [0.4, 0.5) is 0 Å². The van der Waals surface area contributed by atoms with Gasteiger partial charge >= 0.3 is 0 Å². The molecule has 13 rings (SSSR count). The average Bonchev–Trinajstić information content (AvgIpc) is 4.09. The minimum atomic E-state index is -0.487. The van der Waals surface area contributed by atoms with Gasteiger partial charge in [-0.2, -0.15) is 9.97 Å². The third-order valence-corrected chi connectivity index (χ3v) is 11.6. The van der Waals surface area contributed by atoms with Crippen LogP contribution in [0.1, 0.15) is 12.3 Å². The van der Waals surface area contributed by atoms with Gasteiger partial charge in [0, 0.05) is 38.1 Å². The Balaban J connectivity index is 1.11. The molecule has 0 bridgehead atoms. The number of rotatable bonds is 6. The summed E-state index contributed by atoms with van der Waals surface area (Å²) in [7, 11) is 0. The zero-order chi connectivity index (χ0) is 49.3. The van der Waals surface area contributed by atoms with Gasteiger partial charge in [-0.3, -0.25) is 4.57 Å². The fourth-order valence-corrected chi connectivity index (χ4v) is 8.77. The molecule has 0 aliphatic carbocycles. The predicted octanol–water partition coefficient (Wildman–Crippen LogP) is 15.1. The number of aromatic nitrogens is 4. The van der Waals surface area contributed by atoms with Gasteiger partial charge < -0.3 is 8.83 Å². The van der Waals surface area contributed by atoms with E-state index < -0.39 is 18.1 Å². The van der Waals surface area contributed by atoms with Gasteiger partial charge in [0.15, 0.2) is 11.6 Å². The molecule has 0 spiro atoms. The van der Waals surface area contributed by atoms with E-state index in [9.17, 15) is 5.48 Å². The zero-order valence-electron chi connectivity index (χ0n) is 42.0. The van der Waals surface area contributed by atoms with Crippen molar-refractivity contribution >= 4 is 65.7 Å². The van der Waals surface area contributed by atoms with E-state index >= 15 is 0 Å². The topological polar surface area (TPSA) is 69.9 Å². The van der Waals surface area contributed by atoms with Crippen molar-refractivity contribution in [3.8, 4) is 62.1 Å². The van der Waals surface area contributed by atoms with Crippen molar-refractivity contribution < 1.29 is 21.2 Å². The lowest BCUT2D eigenvalue weighted by molar-refractivity contribution is 0.668. The molecule has 0 saturated carbocycles. The van der Waals surface area contributed by atoms with E-state index in [0.29, 0.717) is 49.8 Å². The number of fused-ring (bicyclic) bond motifs is 10. The molecular formula is C57H34N4O2. The van der Waals surface area contributed by atoms with Crippen molar-refractivity contribution in [1.82, 2.24) is 19.5 Å². The molecule has 0 aliphatic rings. The van der Waals surface area contributed by atoms with Crippen molar-refractivity contribution in [1.29, 1.82) is 0 Å². The Morgan fingerprint density at radius 2 is 1.02 bits per heavy atom. The van der Waals surface area contributed by atoms with E-state index in [1.54, 1.807) is 60.7 Å². The molecule has 6 nitrogen and oxygen atoms in total. The SMILES string of the molecule is [2H]c1c([2H])c([2H])c(-c2cccc3oc4cc(-c5nc(-c6c([2H])c([2H])c(-c7ccccc7)c([2H])c6[2H])nc(-n6c7ccc(-c8ccccc8)cc7c7ccc8oc9ccccc9c8c76)n5)ccc4c23)c([2H])c1[2H]. The van der Waals surface area contributed by atoms with Gasteiger partial charge in [0.2, 0.25) is 5.95 Å². The summed E-state index contributed by atoms with van der Waals surface area (Å²) in [6.07, 6.45) is 0. The maximum atomic E-state index is 9.47. The molecule has 0 N–H and O–H groups in total. The first-order chi connectivity index (χ1) is 35.0. The summed E-state index contributed by atoms with van der Waals surface area (Å²) in [5.41, 5.74) is 7.12. The van der Waals surface area contributed by atoms with Crippen molar-refractivity contribution in [2.24, 2.45) is 0 Å². The van der Waals surface area contributed by atoms with E-state index in [-0.39, 0.29) is 70.5 Å². The van der Waals surface area contributed by atoms with Crippen molar-refractivity contribution in [3.05, 3.63) is 206 Å². The minimum absolute atomic E-state index is 0.0462. The number of benzene rings is 9. The Morgan fingerprint density at radius 3 is 1.83 bits per heavy atom. The predicted molar refractivity (Wildman–Crippen MR) is 256 cm³/mol. The molecule has 9 aromatic carbocycles. The lowest BCUT2D eigenvalue weighted by atomic mass is 9.99. The smallest absolute Gasteiger partial charge is 0.238 e. The van der Waals surface area contributed by atoms with Crippen molar-refractivity contribution in [3.63, 3.8) is 0 Å². The Bertz CT molecular complexity index is 4400. The Labute approximate surface area is 373 Å². The molecule has 294 valence electrons. The Hall–Kier alpha value is -8.61. The fourth-order valence-electron chi connectivity index (χ4n) is 8.77. The highest BCUT2D eigenvalue weighted by Gasteiger charge is 2.23. The monoisotopic (exact) mass is 815 g/mol. The number of hydrogen-bond acceptors (Lipinski definition) is 5.